The summed E-state index contributed by atoms with van der Waals surface area (Å²) >= 11 is 0. The molecule has 0 radical (unpaired) electrons. The Kier molecular flexibility index (Phi) is 1.29. The van der Waals surface area contributed by atoms with E-state index in [9.17, 15) is 26.3 Å². The first-order chi connectivity index (χ1) is 5.66. The Morgan fingerprint density at radius 3 is 1.23 bits per heavy atom. The summed E-state index contributed by atoms with van der Waals surface area (Å²) in [6.07, 6.45) is -10.9. The summed E-state index contributed by atoms with van der Waals surface area (Å²) in [5, 5.41) is 0. The standard InChI is InChI=1S/C7H6F6/c8-6(9,10)5(7(11,12)13)3-4(5)1-2-4/h1-3H2. The third-order valence-electron chi connectivity index (χ3n) is 3.21. The van der Waals surface area contributed by atoms with Gasteiger partial charge in [-0.05, 0) is 24.7 Å². The molecule has 0 amide bonds. The Labute approximate surface area is 69.9 Å². The fourth-order valence-electron chi connectivity index (χ4n) is 2.18. The molecule has 2 aliphatic rings. The van der Waals surface area contributed by atoms with Gasteiger partial charge in [-0.3, -0.25) is 0 Å². The van der Waals surface area contributed by atoms with Crippen LogP contribution in [0.1, 0.15) is 19.3 Å². The van der Waals surface area contributed by atoms with Gasteiger partial charge in [0.25, 0.3) is 0 Å². The molecule has 0 N–H and O–H groups in total. The molecule has 0 saturated heterocycles. The number of halogens is 6. The lowest BCUT2D eigenvalue weighted by Crippen LogP contribution is -2.40. The van der Waals surface area contributed by atoms with Crippen molar-refractivity contribution < 1.29 is 26.3 Å². The van der Waals surface area contributed by atoms with E-state index < -0.39 is 29.6 Å². The lowest BCUT2D eigenvalue weighted by Gasteiger charge is -2.23. The second-order valence-electron chi connectivity index (χ2n) is 3.86. The largest absolute Gasteiger partial charge is 0.403 e. The van der Waals surface area contributed by atoms with Gasteiger partial charge in [0.15, 0.2) is 5.41 Å². The van der Waals surface area contributed by atoms with Crippen LogP contribution in [0.2, 0.25) is 0 Å². The van der Waals surface area contributed by atoms with Crippen LogP contribution in [-0.4, -0.2) is 12.4 Å². The zero-order chi connectivity index (χ0) is 10.1. The van der Waals surface area contributed by atoms with Gasteiger partial charge >= 0.3 is 12.4 Å². The molecule has 0 unspecified atom stereocenters. The van der Waals surface area contributed by atoms with Crippen molar-refractivity contribution in [3.05, 3.63) is 0 Å². The Hall–Kier alpha value is -0.420. The molecule has 0 aromatic rings. The van der Waals surface area contributed by atoms with Crippen LogP contribution in [-0.2, 0) is 0 Å². The van der Waals surface area contributed by atoms with Crippen molar-refractivity contribution in [3.8, 4) is 0 Å². The second-order valence-corrected chi connectivity index (χ2v) is 3.86. The molecule has 2 fully saturated rings. The minimum atomic E-state index is -5.14. The SMILES string of the molecule is FC(F)(F)C1(C(F)(F)F)CC12CC2. The van der Waals surface area contributed by atoms with E-state index in [4.69, 9.17) is 0 Å². The van der Waals surface area contributed by atoms with Crippen LogP contribution >= 0.6 is 0 Å². The summed E-state index contributed by atoms with van der Waals surface area (Å²) < 4.78 is 73.2. The van der Waals surface area contributed by atoms with Crippen molar-refractivity contribution in [2.24, 2.45) is 10.8 Å². The lowest BCUT2D eigenvalue weighted by atomic mass is 10.0. The van der Waals surface area contributed by atoms with Gasteiger partial charge in [-0.2, -0.15) is 26.3 Å². The average molecular weight is 204 g/mol. The average Bonchev–Trinajstić information content (AvgIpc) is 2.67. The van der Waals surface area contributed by atoms with Gasteiger partial charge in [0.1, 0.15) is 0 Å². The summed E-state index contributed by atoms with van der Waals surface area (Å²) in [5.74, 6) is 0. The van der Waals surface area contributed by atoms with E-state index in [1.807, 2.05) is 0 Å². The number of hydrogen-bond donors (Lipinski definition) is 0. The molecular weight excluding hydrogens is 198 g/mol. The summed E-state index contributed by atoms with van der Waals surface area (Å²) in [6, 6.07) is 0. The van der Waals surface area contributed by atoms with Gasteiger partial charge < -0.3 is 0 Å². The van der Waals surface area contributed by atoms with Crippen LogP contribution < -0.4 is 0 Å². The van der Waals surface area contributed by atoms with Crippen LogP contribution in [0.3, 0.4) is 0 Å². The van der Waals surface area contributed by atoms with E-state index in [-0.39, 0.29) is 12.8 Å². The third-order valence-corrected chi connectivity index (χ3v) is 3.21. The predicted molar refractivity (Wildman–Crippen MR) is 30.8 cm³/mol. The van der Waals surface area contributed by atoms with Crippen molar-refractivity contribution in [3.63, 3.8) is 0 Å². The first-order valence-electron chi connectivity index (χ1n) is 3.80. The molecule has 6 heteroatoms. The quantitative estimate of drug-likeness (QED) is 0.531. The first-order valence-corrected chi connectivity index (χ1v) is 3.80. The Balaban J connectivity index is 2.36. The summed E-state index contributed by atoms with van der Waals surface area (Å²) in [4.78, 5) is 0. The van der Waals surface area contributed by atoms with E-state index in [1.165, 1.54) is 0 Å². The predicted octanol–water partition coefficient (Wildman–Crippen LogP) is 3.28. The molecule has 0 aliphatic heterocycles. The lowest BCUT2D eigenvalue weighted by molar-refractivity contribution is -0.307. The maximum atomic E-state index is 12.2. The van der Waals surface area contributed by atoms with E-state index in [1.54, 1.807) is 0 Å². The van der Waals surface area contributed by atoms with E-state index >= 15 is 0 Å². The molecule has 0 heterocycles. The Morgan fingerprint density at radius 2 is 1.15 bits per heavy atom. The molecule has 0 aromatic heterocycles. The second kappa shape index (κ2) is 1.83. The van der Waals surface area contributed by atoms with Crippen molar-refractivity contribution in [1.29, 1.82) is 0 Å². The van der Waals surface area contributed by atoms with E-state index in [0.717, 1.165) is 0 Å². The van der Waals surface area contributed by atoms with Crippen molar-refractivity contribution in [2.45, 2.75) is 31.6 Å². The molecular formula is C7H6F6. The summed E-state index contributed by atoms with van der Waals surface area (Å²) in [7, 11) is 0. The van der Waals surface area contributed by atoms with Crippen LogP contribution in [0.15, 0.2) is 0 Å². The molecule has 0 aromatic carbocycles. The summed E-state index contributed by atoms with van der Waals surface area (Å²) in [6.45, 7) is 0. The molecule has 0 bridgehead atoms. The van der Waals surface area contributed by atoms with E-state index in [2.05, 4.69) is 0 Å². The zero-order valence-corrected chi connectivity index (χ0v) is 6.39. The van der Waals surface area contributed by atoms with Crippen LogP contribution in [0.4, 0.5) is 26.3 Å². The number of hydrogen-bond acceptors (Lipinski definition) is 0. The maximum absolute atomic E-state index is 12.2. The molecule has 0 nitrogen and oxygen atoms in total. The highest BCUT2D eigenvalue weighted by atomic mass is 19.4. The van der Waals surface area contributed by atoms with Gasteiger partial charge in [-0.1, -0.05) is 0 Å². The molecule has 2 saturated carbocycles. The zero-order valence-electron chi connectivity index (χ0n) is 6.39. The summed E-state index contributed by atoms with van der Waals surface area (Å²) in [5.41, 5.74) is -4.84. The fraction of sp³-hybridized carbons (Fsp3) is 1.00. The minimum Gasteiger partial charge on any atom is -0.170 e. The normalized spacial score (nSPS) is 29.1. The molecule has 2 aliphatic carbocycles. The highest BCUT2D eigenvalue weighted by molar-refractivity contribution is 5.28. The maximum Gasteiger partial charge on any atom is 0.403 e. The molecule has 13 heavy (non-hydrogen) atoms. The number of rotatable bonds is 0. The highest BCUT2D eigenvalue weighted by Crippen LogP contribution is 2.87. The smallest absolute Gasteiger partial charge is 0.170 e. The first kappa shape index (κ1) is 9.15. The highest BCUT2D eigenvalue weighted by Gasteiger charge is 2.93. The van der Waals surface area contributed by atoms with Crippen LogP contribution in [0.5, 0.6) is 0 Å². The topological polar surface area (TPSA) is 0 Å². The minimum absolute atomic E-state index is 0.0615. The van der Waals surface area contributed by atoms with Crippen LogP contribution in [0.25, 0.3) is 0 Å². The van der Waals surface area contributed by atoms with Gasteiger partial charge in [0.2, 0.25) is 0 Å². The van der Waals surface area contributed by atoms with Crippen molar-refractivity contribution in [2.75, 3.05) is 0 Å². The van der Waals surface area contributed by atoms with Gasteiger partial charge in [0, 0.05) is 0 Å². The molecule has 1 spiro atoms. The molecule has 2 rings (SSSR count). The fourth-order valence-corrected chi connectivity index (χ4v) is 2.18. The van der Waals surface area contributed by atoms with E-state index in [0.29, 0.717) is 0 Å². The van der Waals surface area contributed by atoms with Crippen molar-refractivity contribution in [1.82, 2.24) is 0 Å². The molecule has 0 atom stereocenters. The monoisotopic (exact) mass is 204 g/mol. The van der Waals surface area contributed by atoms with Gasteiger partial charge in [-0.25, -0.2) is 0 Å². The van der Waals surface area contributed by atoms with Crippen molar-refractivity contribution >= 4 is 0 Å². The Morgan fingerprint density at radius 1 is 0.769 bits per heavy atom. The Bertz CT molecular complexity index is 229. The van der Waals surface area contributed by atoms with Crippen LogP contribution in [0, 0.1) is 10.8 Å². The van der Waals surface area contributed by atoms with Gasteiger partial charge in [-0.15, -0.1) is 0 Å². The number of alkyl halides is 6. The third kappa shape index (κ3) is 0.840. The molecule has 76 valence electrons. The van der Waals surface area contributed by atoms with Gasteiger partial charge in [0.05, 0.1) is 0 Å².